The van der Waals surface area contributed by atoms with Gasteiger partial charge >= 0.3 is 6.18 Å². The van der Waals surface area contributed by atoms with Crippen LogP contribution in [0, 0.1) is 0 Å². The fraction of sp³-hybridized carbons (Fsp3) is 0.364. The van der Waals surface area contributed by atoms with E-state index < -0.39 is 23.9 Å². The van der Waals surface area contributed by atoms with Crippen molar-refractivity contribution in [1.29, 1.82) is 0 Å². The highest BCUT2D eigenvalue weighted by Crippen LogP contribution is 2.27. The van der Waals surface area contributed by atoms with Crippen LogP contribution in [-0.2, 0) is 4.79 Å². The van der Waals surface area contributed by atoms with Gasteiger partial charge in [-0.25, -0.2) is 4.68 Å². The van der Waals surface area contributed by atoms with E-state index >= 15 is 0 Å². The Morgan fingerprint density at radius 2 is 2.27 bits per heavy atom. The van der Waals surface area contributed by atoms with E-state index in [1.165, 1.54) is 22.9 Å². The van der Waals surface area contributed by atoms with Crippen molar-refractivity contribution >= 4 is 29.0 Å². The Balaban J connectivity index is 2.00. The second-order valence-electron chi connectivity index (χ2n) is 4.25. The SMILES string of the molecule is CC(Sc1nnc(-c2cccs2)n1N)C(=O)NCC(F)(F)F. The summed E-state index contributed by atoms with van der Waals surface area (Å²) in [5, 5.41) is 10.9. The zero-order chi connectivity index (χ0) is 16.3. The molecule has 0 aliphatic carbocycles. The average Bonchev–Trinajstić information content (AvgIpc) is 3.06. The molecule has 0 saturated heterocycles. The lowest BCUT2D eigenvalue weighted by molar-refractivity contribution is -0.137. The Morgan fingerprint density at radius 1 is 1.55 bits per heavy atom. The first-order valence-corrected chi connectivity index (χ1v) is 7.79. The molecule has 22 heavy (non-hydrogen) atoms. The van der Waals surface area contributed by atoms with E-state index in [1.54, 1.807) is 0 Å². The van der Waals surface area contributed by atoms with E-state index in [0.717, 1.165) is 16.6 Å². The van der Waals surface area contributed by atoms with E-state index in [0.29, 0.717) is 5.82 Å². The Hall–Kier alpha value is -1.75. The van der Waals surface area contributed by atoms with Gasteiger partial charge in [-0.1, -0.05) is 17.8 Å². The van der Waals surface area contributed by atoms with Crippen LogP contribution in [0.15, 0.2) is 22.7 Å². The van der Waals surface area contributed by atoms with Crippen molar-refractivity contribution in [2.24, 2.45) is 0 Å². The van der Waals surface area contributed by atoms with Gasteiger partial charge in [-0.15, -0.1) is 21.5 Å². The topological polar surface area (TPSA) is 85.8 Å². The third-order valence-electron chi connectivity index (χ3n) is 2.52. The van der Waals surface area contributed by atoms with Crippen molar-refractivity contribution in [3.63, 3.8) is 0 Å². The molecule has 1 atom stereocenters. The van der Waals surface area contributed by atoms with Gasteiger partial charge in [-0.3, -0.25) is 4.79 Å². The first-order chi connectivity index (χ1) is 10.3. The van der Waals surface area contributed by atoms with Crippen molar-refractivity contribution in [2.75, 3.05) is 12.4 Å². The lowest BCUT2D eigenvalue weighted by atomic mass is 10.4. The van der Waals surface area contributed by atoms with E-state index in [-0.39, 0.29) is 5.16 Å². The Morgan fingerprint density at radius 3 is 2.86 bits per heavy atom. The minimum Gasteiger partial charge on any atom is -0.346 e. The third-order valence-corrected chi connectivity index (χ3v) is 4.44. The van der Waals surface area contributed by atoms with Crippen molar-refractivity contribution in [1.82, 2.24) is 20.2 Å². The Bertz CT molecular complexity index is 641. The van der Waals surface area contributed by atoms with Crippen LogP contribution in [0.5, 0.6) is 0 Å². The standard InChI is InChI=1S/C11H12F3N5OS2/c1-6(9(20)16-5-11(12,13)14)22-10-18-17-8(19(10)15)7-3-2-4-21-7/h2-4,6H,5,15H2,1H3,(H,16,20). The number of rotatable bonds is 5. The molecule has 0 bridgehead atoms. The number of nitrogens with one attached hydrogen (secondary N) is 1. The van der Waals surface area contributed by atoms with Crippen LogP contribution in [0.25, 0.3) is 10.7 Å². The smallest absolute Gasteiger partial charge is 0.346 e. The summed E-state index contributed by atoms with van der Waals surface area (Å²) in [7, 11) is 0. The monoisotopic (exact) mass is 351 g/mol. The van der Waals surface area contributed by atoms with Crippen molar-refractivity contribution in [3.05, 3.63) is 17.5 Å². The fourth-order valence-corrected chi connectivity index (χ4v) is 2.97. The molecule has 0 radical (unpaired) electrons. The first-order valence-electron chi connectivity index (χ1n) is 6.03. The number of halogens is 3. The molecule has 0 saturated carbocycles. The summed E-state index contributed by atoms with van der Waals surface area (Å²) in [6.45, 7) is 0.0996. The minimum atomic E-state index is -4.44. The number of nitrogens with zero attached hydrogens (tertiary/aromatic N) is 3. The van der Waals surface area contributed by atoms with E-state index in [1.807, 2.05) is 22.8 Å². The molecule has 11 heteroatoms. The lowest BCUT2D eigenvalue weighted by Gasteiger charge is -2.12. The number of nitrogens with two attached hydrogens (primary N) is 1. The number of thiophene rings is 1. The average molecular weight is 351 g/mol. The molecule has 3 N–H and O–H groups in total. The van der Waals surface area contributed by atoms with Crippen LogP contribution in [0.2, 0.25) is 0 Å². The number of hydrogen-bond donors (Lipinski definition) is 2. The zero-order valence-electron chi connectivity index (χ0n) is 11.3. The van der Waals surface area contributed by atoms with E-state index in [4.69, 9.17) is 5.84 Å². The predicted octanol–water partition coefficient (Wildman–Crippen LogP) is 1.88. The molecule has 1 unspecified atom stereocenters. The highest BCUT2D eigenvalue weighted by Gasteiger charge is 2.29. The first kappa shape index (κ1) is 16.6. The molecule has 120 valence electrons. The van der Waals surface area contributed by atoms with Crippen LogP contribution < -0.4 is 11.2 Å². The van der Waals surface area contributed by atoms with Crippen LogP contribution in [0.1, 0.15) is 6.92 Å². The molecular formula is C11H12F3N5OS2. The molecule has 0 aliphatic rings. The van der Waals surface area contributed by atoms with E-state index in [9.17, 15) is 18.0 Å². The van der Waals surface area contributed by atoms with Crippen LogP contribution in [0.4, 0.5) is 13.2 Å². The summed E-state index contributed by atoms with van der Waals surface area (Å²) < 4.78 is 37.4. The normalized spacial score (nSPS) is 13.1. The molecule has 6 nitrogen and oxygen atoms in total. The summed E-state index contributed by atoms with van der Waals surface area (Å²) in [5.41, 5.74) is 0. The third kappa shape index (κ3) is 4.13. The minimum absolute atomic E-state index is 0.248. The van der Waals surface area contributed by atoms with Crippen LogP contribution >= 0.6 is 23.1 Å². The van der Waals surface area contributed by atoms with Gasteiger partial charge in [-0.2, -0.15) is 13.2 Å². The zero-order valence-corrected chi connectivity index (χ0v) is 12.9. The predicted molar refractivity (Wildman–Crippen MR) is 77.9 cm³/mol. The lowest BCUT2D eigenvalue weighted by Crippen LogP contribution is -2.38. The molecule has 2 rings (SSSR count). The van der Waals surface area contributed by atoms with Crippen molar-refractivity contribution < 1.29 is 18.0 Å². The summed E-state index contributed by atoms with van der Waals surface area (Å²) in [4.78, 5) is 12.4. The number of carbonyl (C=O) groups is 1. The molecular weight excluding hydrogens is 339 g/mol. The van der Waals surface area contributed by atoms with Crippen LogP contribution in [0.3, 0.4) is 0 Å². The second-order valence-corrected chi connectivity index (χ2v) is 6.50. The molecule has 0 fully saturated rings. The number of alkyl halides is 3. The van der Waals surface area contributed by atoms with Gasteiger partial charge in [0.1, 0.15) is 6.54 Å². The molecule has 0 aliphatic heterocycles. The van der Waals surface area contributed by atoms with E-state index in [2.05, 4.69) is 10.2 Å². The van der Waals surface area contributed by atoms with Gasteiger partial charge in [-0.05, 0) is 18.4 Å². The second kappa shape index (κ2) is 6.57. The summed E-state index contributed by atoms with van der Waals surface area (Å²) in [5.74, 6) is 5.54. The summed E-state index contributed by atoms with van der Waals surface area (Å²) in [6.07, 6.45) is -4.44. The maximum atomic E-state index is 12.1. The Labute approximate surface area is 131 Å². The molecule has 2 aromatic rings. The number of thioether (sulfide) groups is 1. The molecule has 0 spiro atoms. The van der Waals surface area contributed by atoms with Crippen LogP contribution in [-0.4, -0.2) is 38.8 Å². The number of amides is 1. The number of hydrogen-bond acceptors (Lipinski definition) is 6. The largest absolute Gasteiger partial charge is 0.405 e. The maximum Gasteiger partial charge on any atom is 0.405 e. The molecule has 2 heterocycles. The van der Waals surface area contributed by atoms with Gasteiger partial charge < -0.3 is 11.2 Å². The fourth-order valence-electron chi connectivity index (χ4n) is 1.47. The van der Waals surface area contributed by atoms with Gasteiger partial charge in [0.05, 0.1) is 10.1 Å². The molecule has 0 aromatic carbocycles. The van der Waals surface area contributed by atoms with Gasteiger partial charge in [0.25, 0.3) is 0 Å². The number of aromatic nitrogens is 3. The van der Waals surface area contributed by atoms with Crippen molar-refractivity contribution in [2.45, 2.75) is 23.5 Å². The van der Waals surface area contributed by atoms with Gasteiger partial charge in [0, 0.05) is 0 Å². The highest BCUT2D eigenvalue weighted by atomic mass is 32.2. The number of carbonyl (C=O) groups excluding carboxylic acids is 1. The van der Waals surface area contributed by atoms with Crippen molar-refractivity contribution in [3.8, 4) is 10.7 Å². The summed E-state index contributed by atoms with van der Waals surface area (Å²) >= 11 is 2.36. The quantitative estimate of drug-likeness (QED) is 0.635. The number of nitrogen functional groups attached to an aromatic ring is 1. The molecule has 2 aromatic heterocycles. The van der Waals surface area contributed by atoms with Gasteiger partial charge in [0.15, 0.2) is 5.82 Å². The highest BCUT2D eigenvalue weighted by molar-refractivity contribution is 8.00. The maximum absolute atomic E-state index is 12.1. The summed E-state index contributed by atoms with van der Waals surface area (Å²) in [6, 6.07) is 3.64. The Kier molecular flexibility index (Phi) is 4.96. The van der Waals surface area contributed by atoms with Gasteiger partial charge in [0.2, 0.25) is 11.1 Å². The molecule has 1 amide bonds.